The number of alkyl halides is 1. The molecule has 0 amide bonds. The highest BCUT2D eigenvalue weighted by Crippen LogP contribution is 2.13. The van der Waals surface area contributed by atoms with Crippen LogP contribution < -0.4 is 0 Å². The maximum absolute atomic E-state index is 10.8. The minimum absolute atomic E-state index is 0.511. The average molecular weight is 249 g/mol. The van der Waals surface area contributed by atoms with Gasteiger partial charge in [0.25, 0.3) is 0 Å². The van der Waals surface area contributed by atoms with E-state index in [-0.39, 0.29) is 0 Å². The summed E-state index contributed by atoms with van der Waals surface area (Å²) in [5, 5.41) is 0.807. The van der Waals surface area contributed by atoms with Crippen LogP contribution in [-0.4, -0.2) is 14.1 Å². The second-order valence-corrected chi connectivity index (χ2v) is 4.03. The average Bonchev–Trinajstić information content (AvgIpc) is 2.05. The molecule has 12 heavy (non-hydrogen) atoms. The SMILES string of the molecule is O=S(O)c1ccccc1CCBr. The lowest BCUT2D eigenvalue weighted by Gasteiger charge is -2.02. The highest BCUT2D eigenvalue weighted by atomic mass is 79.9. The Balaban J connectivity index is 3.00. The van der Waals surface area contributed by atoms with E-state index in [2.05, 4.69) is 15.9 Å². The monoisotopic (exact) mass is 248 g/mol. The molecule has 4 heteroatoms. The molecular weight excluding hydrogens is 240 g/mol. The fourth-order valence-corrected chi connectivity index (χ4v) is 2.00. The second-order valence-electron chi connectivity index (χ2n) is 2.30. The molecule has 0 saturated heterocycles. The summed E-state index contributed by atoms with van der Waals surface area (Å²) in [6.07, 6.45) is 0.780. The van der Waals surface area contributed by atoms with Crippen molar-refractivity contribution in [2.75, 3.05) is 5.33 Å². The standard InChI is InChI=1S/C8H9BrO2S/c9-6-5-7-3-1-2-4-8(7)12(10)11/h1-4H,5-6H2,(H,10,11). The van der Waals surface area contributed by atoms with Gasteiger partial charge in [-0.1, -0.05) is 34.1 Å². The summed E-state index contributed by atoms with van der Waals surface area (Å²) in [5.74, 6) is 0. The molecule has 0 saturated carbocycles. The molecular formula is C8H9BrO2S. The van der Waals surface area contributed by atoms with Gasteiger partial charge in [-0.05, 0) is 18.1 Å². The van der Waals surface area contributed by atoms with Crippen molar-refractivity contribution in [1.82, 2.24) is 0 Å². The van der Waals surface area contributed by atoms with Crippen molar-refractivity contribution in [3.8, 4) is 0 Å². The van der Waals surface area contributed by atoms with E-state index in [4.69, 9.17) is 4.55 Å². The summed E-state index contributed by atoms with van der Waals surface area (Å²) >= 11 is 1.43. The molecule has 0 heterocycles. The topological polar surface area (TPSA) is 37.3 Å². The third kappa shape index (κ3) is 2.40. The molecule has 1 aromatic carbocycles. The molecule has 1 atom stereocenters. The molecule has 66 valence electrons. The fraction of sp³-hybridized carbons (Fsp3) is 0.250. The van der Waals surface area contributed by atoms with Crippen LogP contribution in [0.15, 0.2) is 29.2 Å². The Bertz CT molecular complexity index is 288. The van der Waals surface area contributed by atoms with Crippen LogP contribution in [0, 0.1) is 0 Å². The van der Waals surface area contributed by atoms with Crippen LogP contribution in [0.3, 0.4) is 0 Å². The summed E-state index contributed by atoms with van der Waals surface area (Å²) in [4.78, 5) is 0.511. The van der Waals surface area contributed by atoms with E-state index in [1.165, 1.54) is 0 Å². The van der Waals surface area contributed by atoms with E-state index in [0.29, 0.717) is 4.90 Å². The third-order valence-electron chi connectivity index (χ3n) is 1.52. The normalized spacial score (nSPS) is 12.8. The minimum Gasteiger partial charge on any atom is -0.302 e. The van der Waals surface area contributed by atoms with Crippen molar-refractivity contribution in [2.45, 2.75) is 11.3 Å². The van der Waals surface area contributed by atoms with Crippen molar-refractivity contribution in [3.63, 3.8) is 0 Å². The van der Waals surface area contributed by atoms with Gasteiger partial charge in [0, 0.05) is 5.33 Å². The van der Waals surface area contributed by atoms with E-state index in [9.17, 15) is 4.21 Å². The first-order chi connectivity index (χ1) is 5.75. The van der Waals surface area contributed by atoms with Gasteiger partial charge in [0.15, 0.2) is 11.1 Å². The van der Waals surface area contributed by atoms with Crippen molar-refractivity contribution in [3.05, 3.63) is 29.8 Å². The molecule has 1 rings (SSSR count). The number of hydrogen-bond acceptors (Lipinski definition) is 1. The first-order valence-electron chi connectivity index (χ1n) is 3.50. The van der Waals surface area contributed by atoms with Crippen LogP contribution in [0.1, 0.15) is 5.56 Å². The lowest BCUT2D eigenvalue weighted by molar-refractivity contribution is 0.563. The summed E-state index contributed by atoms with van der Waals surface area (Å²) in [7, 11) is 0. The fourth-order valence-electron chi connectivity index (χ4n) is 0.983. The van der Waals surface area contributed by atoms with Gasteiger partial charge in [0.05, 0.1) is 4.90 Å². The Labute approximate surface area is 82.4 Å². The smallest absolute Gasteiger partial charge is 0.186 e. The molecule has 0 aliphatic carbocycles. The lowest BCUT2D eigenvalue weighted by atomic mass is 10.2. The Kier molecular flexibility index (Phi) is 3.91. The van der Waals surface area contributed by atoms with Gasteiger partial charge in [-0.15, -0.1) is 0 Å². The van der Waals surface area contributed by atoms with E-state index in [1.54, 1.807) is 12.1 Å². The molecule has 0 radical (unpaired) electrons. The van der Waals surface area contributed by atoms with E-state index < -0.39 is 11.1 Å². The molecule has 0 bridgehead atoms. The van der Waals surface area contributed by atoms with E-state index >= 15 is 0 Å². The summed E-state index contributed by atoms with van der Waals surface area (Å²) < 4.78 is 19.7. The second kappa shape index (κ2) is 4.74. The summed E-state index contributed by atoms with van der Waals surface area (Å²) in [5.41, 5.74) is 0.926. The quantitative estimate of drug-likeness (QED) is 0.658. The zero-order valence-electron chi connectivity index (χ0n) is 6.37. The number of hydrogen-bond donors (Lipinski definition) is 1. The number of aryl methyl sites for hydroxylation is 1. The molecule has 0 aromatic heterocycles. The van der Waals surface area contributed by atoms with Crippen molar-refractivity contribution < 1.29 is 8.76 Å². The molecule has 1 unspecified atom stereocenters. The Morgan fingerprint density at radius 1 is 1.42 bits per heavy atom. The van der Waals surface area contributed by atoms with Gasteiger partial charge in [-0.2, -0.15) is 0 Å². The van der Waals surface area contributed by atoms with Crippen LogP contribution in [0.5, 0.6) is 0 Å². The maximum Gasteiger partial charge on any atom is 0.186 e. The van der Waals surface area contributed by atoms with Crippen molar-refractivity contribution in [2.24, 2.45) is 0 Å². The predicted octanol–water partition coefficient (Wildman–Crippen LogP) is 2.20. The molecule has 1 N–H and O–H groups in total. The molecule has 2 nitrogen and oxygen atoms in total. The van der Waals surface area contributed by atoms with Gasteiger partial charge >= 0.3 is 0 Å². The van der Waals surface area contributed by atoms with Gasteiger partial charge in [-0.3, -0.25) is 0 Å². The van der Waals surface area contributed by atoms with Crippen molar-refractivity contribution >= 4 is 27.0 Å². The highest BCUT2D eigenvalue weighted by molar-refractivity contribution is 9.09. The Morgan fingerprint density at radius 3 is 2.67 bits per heavy atom. The van der Waals surface area contributed by atoms with Crippen LogP contribution in [0.2, 0.25) is 0 Å². The zero-order valence-corrected chi connectivity index (χ0v) is 8.77. The Morgan fingerprint density at radius 2 is 2.08 bits per heavy atom. The van der Waals surface area contributed by atoms with Crippen LogP contribution in [-0.2, 0) is 17.5 Å². The van der Waals surface area contributed by atoms with Crippen LogP contribution in [0.25, 0.3) is 0 Å². The first-order valence-corrected chi connectivity index (χ1v) is 5.73. The zero-order chi connectivity index (χ0) is 8.97. The van der Waals surface area contributed by atoms with E-state index in [1.807, 2.05) is 12.1 Å². The van der Waals surface area contributed by atoms with Crippen LogP contribution >= 0.6 is 15.9 Å². The number of rotatable bonds is 3. The van der Waals surface area contributed by atoms with E-state index in [0.717, 1.165) is 17.3 Å². The number of halogens is 1. The maximum atomic E-state index is 10.8. The van der Waals surface area contributed by atoms with Gasteiger partial charge in [-0.25, -0.2) is 4.21 Å². The van der Waals surface area contributed by atoms with Gasteiger partial charge in [0.1, 0.15) is 0 Å². The number of benzene rings is 1. The molecule has 0 spiro atoms. The molecule has 0 aliphatic rings. The highest BCUT2D eigenvalue weighted by Gasteiger charge is 2.04. The summed E-state index contributed by atoms with van der Waals surface area (Å²) in [6.45, 7) is 0. The predicted molar refractivity (Wildman–Crippen MR) is 53.0 cm³/mol. The van der Waals surface area contributed by atoms with Crippen molar-refractivity contribution in [1.29, 1.82) is 0 Å². The molecule has 0 fully saturated rings. The molecule has 0 aliphatic heterocycles. The Hall–Kier alpha value is -0.190. The lowest BCUT2D eigenvalue weighted by Crippen LogP contribution is -1.96. The third-order valence-corrected chi connectivity index (χ3v) is 2.70. The van der Waals surface area contributed by atoms with Gasteiger partial charge < -0.3 is 4.55 Å². The summed E-state index contributed by atoms with van der Waals surface area (Å²) in [6, 6.07) is 7.17. The van der Waals surface area contributed by atoms with Crippen LogP contribution in [0.4, 0.5) is 0 Å². The largest absolute Gasteiger partial charge is 0.302 e. The molecule has 1 aromatic rings. The first kappa shape index (κ1) is 9.89. The van der Waals surface area contributed by atoms with Gasteiger partial charge in [0.2, 0.25) is 0 Å². The minimum atomic E-state index is -1.86.